The first-order chi connectivity index (χ1) is 25.3. The maximum atomic E-state index is 6.46. The summed E-state index contributed by atoms with van der Waals surface area (Å²) in [6.07, 6.45) is 0. The Balaban J connectivity index is 1.25. The number of nitrogens with zero attached hydrogens (tertiary/aromatic N) is 1. The molecule has 0 aliphatic heterocycles. The van der Waals surface area contributed by atoms with Crippen LogP contribution >= 0.6 is 0 Å². The number of fused-ring (bicyclic) bond motifs is 6. The number of rotatable bonds is 6. The normalized spacial score (nSPS) is 11.5. The highest BCUT2D eigenvalue weighted by atomic mass is 16.3. The average Bonchev–Trinajstić information content (AvgIpc) is 3.78. The monoisotopic (exact) mass is 653 g/mol. The summed E-state index contributed by atoms with van der Waals surface area (Å²) in [7, 11) is 0. The predicted octanol–water partition coefficient (Wildman–Crippen LogP) is 14.0. The number of hydrogen-bond acceptors (Lipinski definition) is 3. The predicted molar refractivity (Wildman–Crippen MR) is 212 cm³/mol. The maximum absolute atomic E-state index is 6.46. The molecular weight excluding hydrogens is 623 g/mol. The van der Waals surface area contributed by atoms with Crippen molar-refractivity contribution in [2.45, 2.75) is 0 Å². The molecule has 0 aliphatic rings. The second-order valence-corrected chi connectivity index (χ2v) is 12.8. The summed E-state index contributed by atoms with van der Waals surface area (Å²) >= 11 is 0. The number of furan rings is 2. The molecule has 3 heteroatoms. The number of para-hydroxylation sites is 4. The van der Waals surface area contributed by atoms with E-state index >= 15 is 0 Å². The molecule has 2 aromatic heterocycles. The molecule has 0 saturated carbocycles. The largest absolute Gasteiger partial charge is 0.456 e. The summed E-state index contributed by atoms with van der Waals surface area (Å²) in [5.74, 6) is 0. The quantitative estimate of drug-likeness (QED) is 0.179. The van der Waals surface area contributed by atoms with Crippen LogP contribution in [0.2, 0.25) is 0 Å². The van der Waals surface area contributed by atoms with Gasteiger partial charge in [-0.2, -0.15) is 0 Å². The van der Waals surface area contributed by atoms with Crippen LogP contribution in [0.25, 0.3) is 77.3 Å². The smallest absolute Gasteiger partial charge is 0.137 e. The van der Waals surface area contributed by atoms with E-state index in [-0.39, 0.29) is 0 Å². The first kappa shape index (κ1) is 29.1. The minimum atomic E-state index is 0.851. The average molecular weight is 654 g/mol. The van der Waals surface area contributed by atoms with Crippen molar-refractivity contribution in [3.63, 3.8) is 0 Å². The van der Waals surface area contributed by atoms with E-state index in [1.165, 1.54) is 11.1 Å². The zero-order valence-electron chi connectivity index (χ0n) is 27.7. The van der Waals surface area contributed by atoms with E-state index in [1.807, 2.05) is 24.3 Å². The molecule has 8 aromatic carbocycles. The lowest BCUT2D eigenvalue weighted by atomic mass is 9.95. The molecule has 0 saturated heterocycles. The Morgan fingerprint density at radius 2 is 0.725 bits per heavy atom. The molecule has 0 radical (unpaired) electrons. The highest BCUT2D eigenvalue weighted by Gasteiger charge is 2.25. The second-order valence-electron chi connectivity index (χ2n) is 12.8. The Hall–Kier alpha value is -6.84. The Labute approximate surface area is 295 Å². The summed E-state index contributed by atoms with van der Waals surface area (Å²) in [5, 5.41) is 4.37. The van der Waals surface area contributed by atoms with Gasteiger partial charge in [0, 0.05) is 27.3 Å². The molecule has 0 spiro atoms. The Kier molecular flexibility index (Phi) is 6.81. The van der Waals surface area contributed by atoms with E-state index in [0.717, 1.165) is 83.2 Å². The maximum Gasteiger partial charge on any atom is 0.137 e. The third kappa shape index (κ3) is 4.82. The first-order valence-corrected chi connectivity index (χ1v) is 17.3. The van der Waals surface area contributed by atoms with E-state index in [2.05, 4.69) is 169 Å². The van der Waals surface area contributed by atoms with Gasteiger partial charge in [0.25, 0.3) is 0 Å². The van der Waals surface area contributed by atoms with Crippen molar-refractivity contribution in [1.82, 2.24) is 0 Å². The van der Waals surface area contributed by atoms with Gasteiger partial charge < -0.3 is 13.7 Å². The highest BCUT2D eigenvalue weighted by molar-refractivity contribution is 6.16. The van der Waals surface area contributed by atoms with Crippen LogP contribution in [0.3, 0.4) is 0 Å². The van der Waals surface area contributed by atoms with Gasteiger partial charge in [0.2, 0.25) is 0 Å². The van der Waals surface area contributed by atoms with Crippen LogP contribution in [0.1, 0.15) is 0 Å². The van der Waals surface area contributed by atoms with Crippen LogP contribution < -0.4 is 4.90 Å². The third-order valence-electron chi connectivity index (χ3n) is 9.91. The van der Waals surface area contributed by atoms with Gasteiger partial charge in [-0.05, 0) is 64.7 Å². The zero-order chi connectivity index (χ0) is 33.7. The molecule has 0 bridgehead atoms. The Morgan fingerprint density at radius 3 is 1.45 bits per heavy atom. The molecular formula is C48H31NO2. The molecule has 0 aliphatic carbocycles. The van der Waals surface area contributed by atoms with Crippen molar-refractivity contribution in [1.29, 1.82) is 0 Å². The minimum absolute atomic E-state index is 0.851. The van der Waals surface area contributed by atoms with E-state index in [0.29, 0.717) is 0 Å². The summed E-state index contributed by atoms with van der Waals surface area (Å²) in [4.78, 5) is 2.42. The third-order valence-corrected chi connectivity index (χ3v) is 9.91. The molecule has 3 nitrogen and oxygen atoms in total. The minimum Gasteiger partial charge on any atom is -0.456 e. The van der Waals surface area contributed by atoms with E-state index in [1.54, 1.807) is 0 Å². The van der Waals surface area contributed by atoms with Crippen LogP contribution in [0.5, 0.6) is 0 Å². The SMILES string of the molecule is c1ccc(-c2ccc(-c3ccccc3N(c3ccccc3-c3cccc4oc5ccccc5c34)c3cccc4oc5ccccc5c34)cc2)cc1. The summed E-state index contributed by atoms with van der Waals surface area (Å²) in [6.45, 7) is 0. The van der Waals surface area contributed by atoms with Crippen molar-refractivity contribution >= 4 is 60.9 Å². The second kappa shape index (κ2) is 11.9. The summed E-state index contributed by atoms with van der Waals surface area (Å²) in [6, 6.07) is 66.2. The van der Waals surface area contributed by atoms with Gasteiger partial charge in [0.05, 0.1) is 22.4 Å². The lowest BCUT2D eigenvalue weighted by Gasteiger charge is -2.30. The van der Waals surface area contributed by atoms with Crippen LogP contribution in [0, 0.1) is 0 Å². The molecule has 0 unspecified atom stereocenters. The fourth-order valence-corrected chi connectivity index (χ4v) is 7.61. The molecule has 10 rings (SSSR count). The summed E-state index contributed by atoms with van der Waals surface area (Å²) in [5.41, 5.74) is 13.5. The van der Waals surface area contributed by atoms with Crippen LogP contribution in [-0.4, -0.2) is 0 Å². The van der Waals surface area contributed by atoms with Gasteiger partial charge in [0.15, 0.2) is 0 Å². The lowest BCUT2D eigenvalue weighted by Crippen LogP contribution is -2.13. The Bertz CT molecular complexity index is 2860. The lowest BCUT2D eigenvalue weighted by molar-refractivity contribution is 0.668. The molecule has 0 atom stereocenters. The van der Waals surface area contributed by atoms with Gasteiger partial charge in [-0.3, -0.25) is 0 Å². The van der Waals surface area contributed by atoms with Crippen molar-refractivity contribution in [3.8, 4) is 33.4 Å². The van der Waals surface area contributed by atoms with E-state index in [4.69, 9.17) is 8.83 Å². The van der Waals surface area contributed by atoms with E-state index < -0.39 is 0 Å². The fraction of sp³-hybridized carbons (Fsp3) is 0. The van der Waals surface area contributed by atoms with Gasteiger partial charge in [-0.15, -0.1) is 0 Å². The van der Waals surface area contributed by atoms with Crippen LogP contribution in [0.15, 0.2) is 197 Å². The van der Waals surface area contributed by atoms with Gasteiger partial charge in [0.1, 0.15) is 22.3 Å². The molecule has 10 aromatic rings. The number of anilines is 3. The molecule has 2 heterocycles. The van der Waals surface area contributed by atoms with Crippen LogP contribution in [0.4, 0.5) is 17.1 Å². The van der Waals surface area contributed by atoms with Gasteiger partial charge in [-0.25, -0.2) is 0 Å². The Morgan fingerprint density at radius 1 is 0.275 bits per heavy atom. The van der Waals surface area contributed by atoms with Gasteiger partial charge >= 0.3 is 0 Å². The number of hydrogen-bond donors (Lipinski definition) is 0. The standard InChI is InChI=1S/C48H31NO2/c1-2-14-32(15-3-1)33-28-30-34(31-29-33)35-16-4-8-21-40(35)49(42-23-13-27-46-48(42)39-19-7-11-25-44(39)51-46)41-22-9-5-17-36(41)37-20-12-26-45-47(37)38-18-6-10-24-43(38)50-45/h1-31H. The van der Waals surface area contributed by atoms with Crippen molar-refractivity contribution in [3.05, 3.63) is 188 Å². The zero-order valence-corrected chi connectivity index (χ0v) is 27.7. The molecule has 51 heavy (non-hydrogen) atoms. The first-order valence-electron chi connectivity index (χ1n) is 17.3. The van der Waals surface area contributed by atoms with Crippen molar-refractivity contribution < 1.29 is 8.83 Å². The molecule has 0 amide bonds. The van der Waals surface area contributed by atoms with Crippen molar-refractivity contribution in [2.24, 2.45) is 0 Å². The number of benzene rings is 8. The molecule has 0 N–H and O–H groups in total. The molecule has 0 fully saturated rings. The van der Waals surface area contributed by atoms with Gasteiger partial charge in [-0.1, -0.05) is 146 Å². The fourth-order valence-electron chi connectivity index (χ4n) is 7.61. The summed E-state index contributed by atoms with van der Waals surface area (Å²) < 4.78 is 12.8. The molecule has 240 valence electrons. The van der Waals surface area contributed by atoms with E-state index in [9.17, 15) is 0 Å². The van der Waals surface area contributed by atoms with Crippen molar-refractivity contribution in [2.75, 3.05) is 4.90 Å². The topological polar surface area (TPSA) is 29.5 Å². The van der Waals surface area contributed by atoms with Crippen LogP contribution in [-0.2, 0) is 0 Å². The highest BCUT2D eigenvalue weighted by Crippen LogP contribution is 2.49.